The topological polar surface area (TPSA) is 56.3 Å². The summed E-state index contributed by atoms with van der Waals surface area (Å²) in [5.74, 6) is 2.03. The number of rotatable bonds is 11. The minimum Gasteiger partial charge on any atom is -0.478 e. The van der Waals surface area contributed by atoms with E-state index in [1.165, 1.54) is 0 Å². The van der Waals surface area contributed by atoms with Crippen LogP contribution < -0.4 is 10.1 Å². The van der Waals surface area contributed by atoms with Gasteiger partial charge in [-0.15, -0.1) is 6.58 Å². The summed E-state index contributed by atoms with van der Waals surface area (Å²) in [6.07, 6.45) is 4.81. The highest BCUT2D eigenvalue weighted by molar-refractivity contribution is 5.38. The second-order valence-corrected chi connectivity index (χ2v) is 4.35. The average molecular weight is 279 g/mol. The Kier molecular flexibility index (Phi) is 8.38. The first-order chi connectivity index (χ1) is 9.80. The molecule has 0 aliphatic heterocycles. The van der Waals surface area contributed by atoms with Crippen LogP contribution in [0, 0.1) is 0 Å². The van der Waals surface area contributed by atoms with Crippen molar-refractivity contribution in [3.8, 4) is 5.88 Å². The molecule has 0 bridgehead atoms. The first-order valence-corrected chi connectivity index (χ1v) is 7.23. The maximum Gasteiger partial charge on any atom is 0.218 e. The van der Waals surface area contributed by atoms with Crippen molar-refractivity contribution in [2.45, 2.75) is 39.7 Å². The molecule has 1 N–H and O–H groups in total. The van der Waals surface area contributed by atoms with Gasteiger partial charge in [0.1, 0.15) is 12.4 Å². The van der Waals surface area contributed by atoms with Crippen LogP contribution in [0.2, 0.25) is 0 Å². The molecule has 0 saturated carbocycles. The Morgan fingerprint density at radius 3 is 2.90 bits per heavy atom. The van der Waals surface area contributed by atoms with Gasteiger partial charge in [-0.2, -0.15) is 4.98 Å². The van der Waals surface area contributed by atoms with Crippen LogP contribution >= 0.6 is 0 Å². The number of nitrogens with one attached hydrogen (secondary N) is 1. The van der Waals surface area contributed by atoms with E-state index in [-0.39, 0.29) is 0 Å². The van der Waals surface area contributed by atoms with Crippen molar-refractivity contribution in [2.24, 2.45) is 0 Å². The van der Waals surface area contributed by atoms with Crippen molar-refractivity contribution in [3.05, 3.63) is 24.5 Å². The van der Waals surface area contributed by atoms with Crippen molar-refractivity contribution >= 4 is 5.82 Å². The van der Waals surface area contributed by atoms with Crippen LogP contribution in [0.5, 0.6) is 5.88 Å². The summed E-state index contributed by atoms with van der Waals surface area (Å²) in [4.78, 5) is 8.76. The molecule has 1 aromatic heterocycles. The summed E-state index contributed by atoms with van der Waals surface area (Å²) < 4.78 is 11.0. The van der Waals surface area contributed by atoms with Crippen LogP contribution in [0.4, 0.5) is 5.82 Å². The molecule has 0 unspecified atom stereocenters. The van der Waals surface area contributed by atoms with Crippen molar-refractivity contribution in [1.82, 2.24) is 9.97 Å². The van der Waals surface area contributed by atoms with Crippen LogP contribution in [-0.4, -0.2) is 29.7 Å². The number of hydrogen-bond donors (Lipinski definition) is 1. The Morgan fingerprint density at radius 1 is 1.35 bits per heavy atom. The van der Waals surface area contributed by atoms with E-state index in [0.29, 0.717) is 31.5 Å². The Hall–Kier alpha value is -1.62. The van der Waals surface area contributed by atoms with Crippen LogP contribution in [-0.2, 0) is 11.3 Å². The molecule has 0 radical (unpaired) electrons. The third-order valence-electron chi connectivity index (χ3n) is 2.54. The monoisotopic (exact) mass is 279 g/mol. The lowest BCUT2D eigenvalue weighted by molar-refractivity contribution is 0.127. The number of ether oxygens (including phenoxy) is 2. The molecule has 5 nitrogen and oxygen atoms in total. The van der Waals surface area contributed by atoms with Gasteiger partial charge in [0.15, 0.2) is 5.82 Å². The van der Waals surface area contributed by atoms with E-state index in [1.54, 1.807) is 0 Å². The van der Waals surface area contributed by atoms with Crippen molar-refractivity contribution in [3.63, 3.8) is 0 Å². The Balaban J connectivity index is 2.66. The van der Waals surface area contributed by atoms with Gasteiger partial charge in [0.25, 0.3) is 0 Å². The maximum atomic E-state index is 5.65. The van der Waals surface area contributed by atoms with Crippen molar-refractivity contribution < 1.29 is 9.47 Å². The van der Waals surface area contributed by atoms with E-state index in [9.17, 15) is 0 Å². The van der Waals surface area contributed by atoms with Gasteiger partial charge in [0, 0.05) is 19.2 Å². The lowest BCUT2D eigenvalue weighted by Crippen LogP contribution is -2.08. The molecule has 112 valence electrons. The molecular weight excluding hydrogens is 254 g/mol. The lowest BCUT2D eigenvalue weighted by atomic mass is 10.3. The largest absolute Gasteiger partial charge is 0.478 e. The molecule has 1 aromatic rings. The van der Waals surface area contributed by atoms with Crippen LogP contribution in [0.15, 0.2) is 18.7 Å². The number of unbranched alkanes of at least 4 members (excludes halogenated alkanes) is 1. The molecule has 0 aromatic carbocycles. The smallest absolute Gasteiger partial charge is 0.218 e. The third-order valence-corrected chi connectivity index (χ3v) is 2.54. The fraction of sp³-hybridized carbons (Fsp3) is 0.600. The standard InChI is InChI=1S/C15H25N3O2/c1-4-7-8-10-20-15-11-13(16-9-5-2)17-14(18-15)12-19-6-3/h4,11H,1,5-10,12H2,2-3H3,(H,16,17,18). The third kappa shape index (κ3) is 6.52. The zero-order valence-corrected chi connectivity index (χ0v) is 12.5. The number of nitrogens with zero attached hydrogens (tertiary/aromatic N) is 2. The van der Waals surface area contributed by atoms with Crippen LogP contribution in [0.3, 0.4) is 0 Å². The quantitative estimate of drug-likeness (QED) is 0.498. The molecule has 0 aliphatic carbocycles. The summed E-state index contributed by atoms with van der Waals surface area (Å²) in [5.41, 5.74) is 0. The molecular formula is C15H25N3O2. The molecule has 1 heterocycles. The number of aromatic nitrogens is 2. The van der Waals surface area contributed by atoms with Gasteiger partial charge in [0.2, 0.25) is 5.88 Å². The summed E-state index contributed by atoms with van der Waals surface area (Å²) in [6.45, 7) is 10.3. The average Bonchev–Trinajstić information content (AvgIpc) is 2.47. The van der Waals surface area contributed by atoms with Gasteiger partial charge in [-0.1, -0.05) is 13.0 Å². The lowest BCUT2D eigenvalue weighted by Gasteiger charge is -2.10. The molecule has 0 spiro atoms. The Labute approximate surface area is 121 Å². The van der Waals surface area contributed by atoms with Crippen LogP contribution in [0.25, 0.3) is 0 Å². The molecule has 0 fully saturated rings. The Bertz CT molecular complexity index is 370. The van der Waals surface area contributed by atoms with E-state index in [1.807, 2.05) is 19.1 Å². The highest BCUT2D eigenvalue weighted by Gasteiger charge is 2.05. The predicted octanol–water partition coefficient (Wildman–Crippen LogP) is 3.18. The van der Waals surface area contributed by atoms with Gasteiger partial charge in [-0.3, -0.25) is 0 Å². The predicted molar refractivity (Wildman–Crippen MR) is 81.1 cm³/mol. The minimum atomic E-state index is 0.404. The number of allylic oxidation sites excluding steroid dienone is 1. The zero-order chi connectivity index (χ0) is 14.6. The van der Waals surface area contributed by atoms with Gasteiger partial charge in [-0.05, 0) is 26.2 Å². The number of hydrogen-bond acceptors (Lipinski definition) is 5. The van der Waals surface area contributed by atoms with E-state index < -0.39 is 0 Å². The Morgan fingerprint density at radius 2 is 2.20 bits per heavy atom. The first-order valence-electron chi connectivity index (χ1n) is 7.23. The number of anilines is 1. The normalized spacial score (nSPS) is 10.3. The van der Waals surface area contributed by atoms with Gasteiger partial charge >= 0.3 is 0 Å². The fourth-order valence-electron chi connectivity index (χ4n) is 1.55. The van der Waals surface area contributed by atoms with Crippen LogP contribution in [0.1, 0.15) is 38.9 Å². The van der Waals surface area contributed by atoms with Crippen molar-refractivity contribution in [2.75, 3.05) is 25.1 Å². The van der Waals surface area contributed by atoms with Crippen molar-refractivity contribution in [1.29, 1.82) is 0 Å². The highest BCUT2D eigenvalue weighted by atomic mass is 16.5. The first kappa shape index (κ1) is 16.4. The molecule has 1 rings (SSSR count). The van der Waals surface area contributed by atoms with E-state index in [2.05, 4.69) is 28.8 Å². The van der Waals surface area contributed by atoms with Gasteiger partial charge in [0.05, 0.1) is 6.61 Å². The van der Waals surface area contributed by atoms with E-state index >= 15 is 0 Å². The maximum absolute atomic E-state index is 5.65. The SMILES string of the molecule is C=CCCCOc1cc(NCCC)nc(COCC)n1. The second kappa shape index (κ2) is 10.2. The van der Waals surface area contributed by atoms with E-state index in [0.717, 1.165) is 31.6 Å². The molecule has 0 aliphatic rings. The summed E-state index contributed by atoms with van der Waals surface area (Å²) in [6, 6.07) is 1.83. The highest BCUT2D eigenvalue weighted by Crippen LogP contribution is 2.15. The van der Waals surface area contributed by atoms with Gasteiger partial charge in [-0.25, -0.2) is 4.98 Å². The summed E-state index contributed by atoms with van der Waals surface area (Å²) in [7, 11) is 0. The zero-order valence-electron chi connectivity index (χ0n) is 12.5. The summed E-state index contributed by atoms with van der Waals surface area (Å²) >= 11 is 0. The summed E-state index contributed by atoms with van der Waals surface area (Å²) in [5, 5.41) is 3.25. The van der Waals surface area contributed by atoms with E-state index in [4.69, 9.17) is 9.47 Å². The fourth-order valence-corrected chi connectivity index (χ4v) is 1.55. The molecule has 0 amide bonds. The molecule has 0 atom stereocenters. The molecule has 5 heteroatoms. The second-order valence-electron chi connectivity index (χ2n) is 4.35. The van der Waals surface area contributed by atoms with Gasteiger partial charge < -0.3 is 14.8 Å². The molecule has 20 heavy (non-hydrogen) atoms. The minimum absolute atomic E-state index is 0.404. The molecule has 0 saturated heterocycles.